The number of sulfone groups is 1. The van der Waals surface area contributed by atoms with Crippen molar-refractivity contribution in [3.63, 3.8) is 0 Å². The number of hydrogen-bond donors (Lipinski definition) is 3. The predicted octanol–water partition coefficient (Wildman–Crippen LogP) is 0.607. The van der Waals surface area contributed by atoms with E-state index >= 15 is 0 Å². The van der Waals surface area contributed by atoms with Gasteiger partial charge in [0, 0.05) is 12.1 Å². The van der Waals surface area contributed by atoms with Gasteiger partial charge in [0.2, 0.25) is 0 Å². The van der Waals surface area contributed by atoms with E-state index < -0.39 is 9.84 Å². The third-order valence-corrected chi connectivity index (χ3v) is 6.63. The topological polar surface area (TPSA) is 114 Å². The average Bonchev–Trinajstić information content (AvgIpc) is 2.87. The monoisotopic (exact) mass is 330 g/mol. The standard InChI is InChI=1S/C12H18N4O3S2/c13-10-9(20-12(16-10)15-7-2-1-3-7)11(17)14-8-4-5-21(18,19)6-8/h7-8H,1-6,13H2,(H,14,17)(H,15,16). The molecule has 1 saturated carbocycles. The van der Waals surface area contributed by atoms with Crippen LogP contribution in [0.3, 0.4) is 0 Å². The Kier molecular flexibility index (Phi) is 3.78. The number of nitrogen functional groups attached to an aromatic ring is 1. The van der Waals surface area contributed by atoms with Crippen LogP contribution in [0.4, 0.5) is 10.9 Å². The summed E-state index contributed by atoms with van der Waals surface area (Å²) in [5.74, 6) is -0.0103. The second kappa shape index (κ2) is 5.45. The van der Waals surface area contributed by atoms with E-state index in [1.54, 1.807) is 0 Å². The molecule has 1 unspecified atom stereocenters. The normalized spacial score (nSPS) is 24.5. The van der Waals surface area contributed by atoms with E-state index in [0.29, 0.717) is 22.5 Å². The van der Waals surface area contributed by atoms with Gasteiger partial charge in [-0.15, -0.1) is 0 Å². The molecule has 2 aliphatic rings. The maximum Gasteiger partial charge on any atom is 0.265 e. The number of rotatable bonds is 4. The zero-order chi connectivity index (χ0) is 15.0. The fourth-order valence-electron chi connectivity index (χ4n) is 2.44. The van der Waals surface area contributed by atoms with Crippen LogP contribution in [0, 0.1) is 0 Å². The van der Waals surface area contributed by atoms with Crippen molar-refractivity contribution in [1.29, 1.82) is 0 Å². The number of nitrogens with zero attached hydrogens (tertiary/aromatic N) is 1. The van der Waals surface area contributed by atoms with Crippen LogP contribution >= 0.6 is 11.3 Å². The van der Waals surface area contributed by atoms with Gasteiger partial charge >= 0.3 is 0 Å². The van der Waals surface area contributed by atoms with Crippen LogP contribution in [0.15, 0.2) is 0 Å². The van der Waals surface area contributed by atoms with Crippen LogP contribution in [0.5, 0.6) is 0 Å². The first kappa shape index (κ1) is 14.6. The quantitative estimate of drug-likeness (QED) is 0.745. The number of hydrogen-bond acceptors (Lipinski definition) is 7. The van der Waals surface area contributed by atoms with Gasteiger partial charge in [-0.2, -0.15) is 0 Å². The highest BCUT2D eigenvalue weighted by Gasteiger charge is 2.30. The summed E-state index contributed by atoms with van der Waals surface area (Å²) in [7, 11) is -3.01. The molecule has 116 valence electrons. The molecule has 9 heteroatoms. The smallest absolute Gasteiger partial charge is 0.265 e. The average molecular weight is 330 g/mol. The molecule has 0 aromatic carbocycles. The molecule has 1 saturated heterocycles. The van der Waals surface area contributed by atoms with Gasteiger partial charge in [0.25, 0.3) is 5.91 Å². The number of anilines is 2. The summed E-state index contributed by atoms with van der Waals surface area (Å²) in [6.07, 6.45) is 3.89. The largest absolute Gasteiger partial charge is 0.382 e. The Morgan fingerprint density at radius 2 is 2.05 bits per heavy atom. The highest BCUT2D eigenvalue weighted by Crippen LogP contribution is 2.29. The molecular weight excluding hydrogens is 312 g/mol. The van der Waals surface area contributed by atoms with Crippen molar-refractivity contribution in [3.05, 3.63) is 4.88 Å². The third kappa shape index (κ3) is 3.29. The molecule has 2 heterocycles. The van der Waals surface area contributed by atoms with E-state index in [-0.39, 0.29) is 29.3 Å². The molecule has 21 heavy (non-hydrogen) atoms. The maximum atomic E-state index is 12.2. The van der Waals surface area contributed by atoms with Gasteiger partial charge in [0.05, 0.1) is 11.5 Å². The highest BCUT2D eigenvalue weighted by molar-refractivity contribution is 7.91. The molecule has 1 aromatic rings. The van der Waals surface area contributed by atoms with Crippen molar-refractivity contribution in [2.75, 3.05) is 22.6 Å². The molecular formula is C12H18N4O3S2. The minimum atomic E-state index is -3.01. The van der Waals surface area contributed by atoms with Gasteiger partial charge in [-0.25, -0.2) is 13.4 Å². The van der Waals surface area contributed by atoms with E-state index in [2.05, 4.69) is 15.6 Å². The van der Waals surface area contributed by atoms with Crippen molar-refractivity contribution >= 4 is 38.0 Å². The second-order valence-corrected chi connectivity index (χ2v) is 8.81. The fourth-order valence-corrected chi connectivity index (χ4v) is 4.98. The SMILES string of the molecule is Nc1nc(NC2CCC2)sc1C(=O)NC1CCS(=O)(=O)C1. The molecule has 1 aliphatic heterocycles. The molecule has 1 aromatic heterocycles. The number of carbonyl (C=O) groups excluding carboxylic acids is 1. The number of aromatic nitrogens is 1. The summed E-state index contributed by atoms with van der Waals surface area (Å²) < 4.78 is 22.8. The molecule has 3 rings (SSSR count). The Labute approximate surface area is 127 Å². The van der Waals surface area contributed by atoms with E-state index in [1.165, 1.54) is 17.8 Å². The van der Waals surface area contributed by atoms with Gasteiger partial charge in [0.15, 0.2) is 15.0 Å². The highest BCUT2D eigenvalue weighted by atomic mass is 32.2. The Balaban J connectivity index is 1.64. The molecule has 0 spiro atoms. The molecule has 1 aliphatic carbocycles. The molecule has 4 N–H and O–H groups in total. The van der Waals surface area contributed by atoms with Crippen LogP contribution in [-0.4, -0.2) is 42.9 Å². The number of nitrogens with two attached hydrogens (primary N) is 1. The molecule has 1 atom stereocenters. The lowest BCUT2D eigenvalue weighted by Gasteiger charge is -2.25. The third-order valence-electron chi connectivity index (χ3n) is 3.86. The Morgan fingerprint density at radius 3 is 2.62 bits per heavy atom. The van der Waals surface area contributed by atoms with Crippen molar-refractivity contribution < 1.29 is 13.2 Å². The van der Waals surface area contributed by atoms with Gasteiger partial charge in [0.1, 0.15) is 10.7 Å². The van der Waals surface area contributed by atoms with Gasteiger partial charge in [-0.05, 0) is 25.7 Å². The van der Waals surface area contributed by atoms with Crippen LogP contribution in [-0.2, 0) is 9.84 Å². The van der Waals surface area contributed by atoms with Crippen molar-refractivity contribution in [2.45, 2.75) is 37.8 Å². The zero-order valence-electron chi connectivity index (χ0n) is 11.5. The van der Waals surface area contributed by atoms with E-state index in [0.717, 1.165) is 12.8 Å². The summed E-state index contributed by atoms with van der Waals surface area (Å²) in [5.41, 5.74) is 5.79. The van der Waals surface area contributed by atoms with Gasteiger partial charge < -0.3 is 16.4 Å². The Morgan fingerprint density at radius 1 is 1.29 bits per heavy atom. The second-order valence-electron chi connectivity index (χ2n) is 5.58. The Bertz CT molecular complexity index is 651. The maximum absolute atomic E-state index is 12.2. The zero-order valence-corrected chi connectivity index (χ0v) is 13.1. The minimum Gasteiger partial charge on any atom is -0.382 e. The molecule has 2 fully saturated rings. The van der Waals surface area contributed by atoms with E-state index in [1.807, 2.05) is 0 Å². The molecule has 0 bridgehead atoms. The summed E-state index contributed by atoms with van der Waals surface area (Å²) in [4.78, 5) is 16.7. The first-order valence-corrected chi connectivity index (χ1v) is 9.61. The van der Waals surface area contributed by atoms with Crippen molar-refractivity contribution in [1.82, 2.24) is 10.3 Å². The van der Waals surface area contributed by atoms with Crippen LogP contribution < -0.4 is 16.4 Å². The number of amides is 1. The number of nitrogens with one attached hydrogen (secondary N) is 2. The number of carbonyl (C=O) groups is 1. The molecule has 1 amide bonds. The first-order valence-electron chi connectivity index (χ1n) is 6.97. The number of thiazole rings is 1. The predicted molar refractivity (Wildman–Crippen MR) is 82.3 cm³/mol. The lowest BCUT2D eigenvalue weighted by molar-refractivity contribution is 0.0946. The van der Waals surface area contributed by atoms with Crippen LogP contribution in [0.25, 0.3) is 0 Å². The molecule has 0 radical (unpaired) electrons. The van der Waals surface area contributed by atoms with E-state index in [9.17, 15) is 13.2 Å². The minimum absolute atomic E-state index is 0.00459. The van der Waals surface area contributed by atoms with Crippen LogP contribution in [0.1, 0.15) is 35.4 Å². The summed E-state index contributed by atoms with van der Waals surface area (Å²) >= 11 is 1.22. The first-order chi connectivity index (χ1) is 9.93. The fraction of sp³-hybridized carbons (Fsp3) is 0.667. The summed E-state index contributed by atoms with van der Waals surface area (Å²) in [5, 5.41) is 6.64. The lowest BCUT2D eigenvalue weighted by Crippen LogP contribution is -2.35. The Hall–Kier alpha value is -1.35. The lowest BCUT2D eigenvalue weighted by atomic mass is 9.93. The van der Waals surface area contributed by atoms with E-state index in [4.69, 9.17) is 5.73 Å². The van der Waals surface area contributed by atoms with Gasteiger partial charge in [-0.1, -0.05) is 11.3 Å². The van der Waals surface area contributed by atoms with Gasteiger partial charge in [-0.3, -0.25) is 4.79 Å². The summed E-state index contributed by atoms with van der Waals surface area (Å²) in [6.45, 7) is 0. The van der Waals surface area contributed by atoms with Crippen molar-refractivity contribution in [2.24, 2.45) is 0 Å². The van der Waals surface area contributed by atoms with Crippen LogP contribution in [0.2, 0.25) is 0 Å². The van der Waals surface area contributed by atoms with Crippen molar-refractivity contribution in [3.8, 4) is 0 Å². The summed E-state index contributed by atoms with van der Waals surface area (Å²) in [6, 6.07) is 0.0958. The molecule has 7 nitrogen and oxygen atoms in total.